The highest BCUT2D eigenvalue weighted by Gasteiger charge is 2.62. The lowest BCUT2D eigenvalue weighted by atomic mass is 10.3. The molecule has 1 unspecified atom stereocenters. The Labute approximate surface area is 143 Å². The largest absolute Gasteiger partial charge is 0.743 e. The summed E-state index contributed by atoms with van der Waals surface area (Å²) in [7, 11) is -6.67. The van der Waals surface area contributed by atoms with Crippen LogP contribution in [0.4, 0.5) is 22.0 Å². The highest BCUT2D eigenvalue weighted by atomic mass is 32.2. The van der Waals surface area contributed by atoms with E-state index in [1.807, 2.05) is 0 Å². The molecule has 25 heavy (non-hydrogen) atoms. The number of hydrogen-bond donors (Lipinski definition) is 1. The zero-order chi connectivity index (χ0) is 20.6. The minimum Gasteiger partial charge on any atom is -0.743 e. The van der Waals surface area contributed by atoms with Crippen molar-refractivity contribution in [2.24, 2.45) is 0 Å². The molecule has 1 atom stereocenters. The highest BCUT2D eigenvalue weighted by Crippen LogP contribution is 2.38. The minimum atomic E-state index is -6.67. The van der Waals surface area contributed by atoms with Crippen molar-refractivity contribution < 1.29 is 49.4 Å². The molecule has 0 spiro atoms. The Morgan fingerprint density at radius 1 is 1.12 bits per heavy atom. The molecule has 0 rings (SSSR count). The van der Waals surface area contributed by atoms with E-state index in [0.29, 0.717) is 0 Å². The van der Waals surface area contributed by atoms with Gasteiger partial charge in [0.05, 0.1) is 19.6 Å². The van der Waals surface area contributed by atoms with E-state index in [4.69, 9.17) is 0 Å². The van der Waals surface area contributed by atoms with Crippen molar-refractivity contribution in [2.45, 2.75) is 45.2 Å². The van der Waals surface area contributed by atoms with E-state index in [2.05, 4.69) is 32.1 Å². The molecule has 0 aliphatic carbocycles. The molecule has 6 nitrogen and oxygen atoms in total. The average molecular weight is 399 g/mol. The lowest BCUT2D eigenvalue weighted by Crippen LogP contribution is -3.11. The van der Waals surface area contributed by atoms with Crippen LogP contribution in [-0.2, 0) is 19.6 Å². The summed E-state index contributed by atoms with van der Waals surface area (Å²) in [5.41, 5.74) is -0.677. The topological polar surface area (TPSA) is 87.9 Å². The smallest absolute Gasteiger partial charge is 0.432 e. The number of esters is 1. The Kier molecular flexibility index (Phi) is 10.4. The van der Waals surface area contributed by atoms with Gasteiger partial charge in [-0.15, -0.1) is 0 Å². The summed E-state index contributed by atoms with van der Waals surface area (Å²) < 4.78 is 95.6. The Bertz CT molecular complexity index is 538. The number of rotatable bonds is 7. The first kappa shape index (κ1) is 26.0. The fourth-order valence-electron chi connectivity index (χ4n) is 1.41. The van der Waals surface area contributed by atoms with Crippen LogP contribution in [0.1, 0.15) is 27.7 Å². The van der Waals surface area contributed by atoms with Gasteiger partial charge < -0.3 is 14.2 Å². The van der Waals surface area contributed by atoms with Crippen LogP contribution < -0.4 is 4.90 Å². The first-order chi connectivity index (χ1) is 11.1. The maximum Gasteiger partial charge on any atom is 0.432 e. The van der Waals surface area contributed by atoms with E-state index in [9.17, 15) is 39.7 Å². The van der Waals surface area contributed by atoms with E-state index in [1.54, 1.807) is 4.90 Å². The van der Waals surface area contributed by atoms with Crippen LogP contribution in [0.3, 0.4) is 0 Å². The number of hydrogen-bond acceptors (Lipinski definition) is 5. The standard InChI is InChI=1S/C7H7F5O5S.C6H15N/c1-3(2)4(13)17-5(6(8,9)10)7(11,12)18(14,15)16;1-4-7(5-2)6-3/h5H,1H2,2H3,(H,14,15,16);4-6H2,1-3H3. The number of alkyl halides is 5. The molecule has 0 heterocycles. The zero-order valence-electron chi connectivity index (χ0n) is 14.2. The molecular weight excluding hydrogens is 377 g/mol. The molecule has 1 N–H and O–H groups in total. The van der Waals surface area contributed by atoms with Crippen LogP contribution in [0.2, 0.25) is 0 Å². The summed E-state index contributed by atoms with van der Waals surface area (Å²) in [6.07, 6.45) is -10.3. The van der Waals surface area contributed by atoms with Gasteiger partial charge in [-0.1, -0.05) is 6.58 Å². The number of quaternary nitrogens is 1. The molecule has 0 fully saturated rings. The fourth-order valence-corrected chi connectivity index (χ4v) is 1.86. The first-order valence-corrected chi connectivity index (χ1v) is 8.56. The third kappa shape index (κ3) is 8.59. The third-order valence-electron chi connectivity index (χ3n) is 3.01. The van der Waals surface area contributed by atoms with E-state index in [0.717, 1.165) is 6.92 Å². The quantitative estimate of drug-likeness (QED) is 0.300. The number of nitrogens with one attached hydrogen (secondary N) is 1. The lowest BCUT2D eigenvalue weighted by molar-refractivity contribution is -0.894. The summed E-state index contributed by atoms with van der Waals surface area (Å²) in [5, 5.41) is -5.84. The van der Waals surface area contributed by atoms with Crippen molar-refractivity contribution in [1.82, 2.24) is 0 Å². The molecule has 0 saturated carbocycles. The molecule has 0 radical (unpaired) electrons. The normalized spacial score (nSPS) is 13.7. The summed E-state index contributed by atoms with van der Waals surface area (Å²) in [4.78, 5) is 12.4. The van der Waals surface area contributed by atoms with E-state index in [-0.39, 0.29) is 0 Å². The third-order valence-corrected chi connectivity index (χ3v) is 3.89. The van der Waals surface area contributed by atoms with Gasteiger partial charge in [0, 0.05) is 5.57 Å². The molecule has 12 heteroatoms. The molecular formula is C13H22F5NO5S. The van der Waals surface area contributed by atoms with Crippen LogP contribution in [0.15, 0.2) is 12.2 Å². The van der Waals surface area contributed by atoms with Crippen LogP contribution >= 0.6 is 0 Å². The monoisotopic (exact) mass is 399 g/mol. The van der Waals surface area contributed by atoms with Gasteiger partial charge in [0.2, 0.25) is 0 Å². The highest BCUT2D eigenvalue weighted by molar-refractivity contribution is 7.86. The number of ether oxygens (including phenoxy) is 1. The Morgan fingerprint density at radius 3 is 1.64 bits per heavy atom. The predicted molar refractivity (Wildman–Crippen MR) is 78.0 cm³/mol. The minimum absolute atomic E-state index is 0.677. The van der Waals surface area contributed by atoms with Crippen molar-refractivity contribution in [3.05, 3.63) is 12.2 Å². The van der Waals surface area contributed by atoms with Crippen molar-refractivity contribution in [1.29, 1.82) is 0 Å². The molecule has 0 aliphatic heterocycles. The summed E-state index contributed by atoms with van der Waals surface area (Å²) >= 11 is 0. The first-order valence-electron chi connectivity index (χ1n) is 7.16. The molecule has 150 valence electrons. The zero-order valence-corrected chi connectivity index (χ0v) is 15.1. The van der Waals surface area contributed by atoms with Gasteiger partial charge in [-0.05, 0) is 27.7 Å². The van der Waals surface area contributed by atoms with Gasteiger partial charge >= 0.3 is 17.4 Å². The van der Waals surface area contributed by atoms with Crippen molar-refractivity contribution in [3.63, 3.8) is 0 Å². The van der Waals surface area contributed by atoms with Gasteiger partial charge in [0.25, 0.3) is 6.10 Å². The van der Waals surface area contributed by atoms with Gasteiger partial charge in [-0.25, -0.2) is 13.2 Å². The molecule has 0 aromatic carbocycles. The maximum absolute atomic E-state index is 12.8. The Morgan fingerprint density at radius 2 is 1.48 bits per heavy atom. The van der Waals surface area contributed by atoms with Gasteiger partial charge in [0.1, 0.15) is 0 Å². The summed E-state index contributed by atoms with van der Waals surface area (Å²) in [6, 6.07) is 0. The van der Waals surface area contributed by atoms with Gasteiger partial charge in [-0.2, -0.15) is 22.0 Å². The van der Waals surface area contributed by atoms with Crippen LogP contribution in [0, 0.1) is 0 Å². The van der Waals surface area contributed by atoms with Crippen LogP contribution in [-0.4, -0.2) is 56.1 Å². The summed E-state index contributed by atoms with van der Waals surface area (Å²) in [5.74, 6) is -1.90. The molecule has 0 aromatic heterocycles. The molecule has 0 saturated heterocycles. The van der Waals surface area contributed by atoms with Crippen molar-refractivity contribution in [2.75, 3.05) is 19.6 Å². The van der Waals surface area contributed by atoms with Crippen LogP contribution in [0.5, 0.6) is 0 Å². The average Bonchev–Trinajstić information content (AvgIpc) is 2.44. The SMILES string of the molecule is C=C(C)C(=O)OC(C(F)(F)F)C(F)(F)S(=O)(=O)[O-].CC[NH+](CC)CC. The Balaban J connectivity index is 0. The van der Waals surface area contributed by atoms with Crippen molar-refractivity contribution in [3.8, 4) is 0 Å². The summed E-state index contributed by atoms with van der Waals surface area (Å²) in [6.45, 7) is 14.2. The predicted octanol–water partition coefficient (Wildman–Crippen LogP) is 1.11. The van der Waals surface area contributed by atoms with E-state index >= 15 is 0 Å². The number of halogens is 5. The second kappa shape index (κ2) is 10.0. The molecule has 0 aliphatic rings. The fraction of sp³-hybridized carbons (Fsp3) is 0.769. The number of carbonyl (C=O) groups is 1. The maximum atomic E-state index is 12.8. The second-order valence-corrected chi connectivity index (χ2v) is 6.39. The molecule has 0 aromatic rings. The van der Waals surface area contributed by atoms with E-state index in [1.165, 1.54) is 19.6 Å². The molecule has 0 bridgehead atoms. The lowest BCUT2D eigenvalue weighted by Gasteiger charge is -2.29. The van der Waals surface area contributed by atoms with Gasteiger partial charge in [0.15, 0.2) is 10.1 Å². The van der Waals surface area contributed by atoms with Gasteiger partial charge in [-0.3, -0.25) is 0 Å². The Hall–Kier alpha value is -1.27. The van der Waals surface area contributed by atoms with Crippen molar-refractivity contribution >= 4 is 16.1 Å². The molecule has 0 amide bonds. The van der Waals surface area contributed by atoms with Crippen LogP contribution in [0.25, 0.3) is 0 Å². The van der Waals surface area contributed by atoms with E-state index < -0.39 is 39.2 Å². The number of carbonyl (C=O) groups excluding carboxylic acids is 1. The second-order valence-electron chi connectivity index (χ2n) is 4.93.